The number of hydrogen-bond donors (Lipinski definition) is 3. The highest BCUT2D eigenvalue weighted by atomic mass is 16.2. The zero-order valence-electron chi connectivity index (χ0n) is 16.4. The van der Waals surface area contributed by atoms with E-state index in [2.05, 4.69) is 26.7 Å². The standard InChI is InChI=1S/C22H23N5O2/c1-14(2)25-22(29)20-26-19(18-9-5-6-12-27(18)20)21(28)23-11-10-15-13-24-17-8-4-3-7-16(15)17/h3-9,12-14,24H,10-11H2,1-2H3,(H,23,28)(H,25,29). The van der Waals surface area contributed by atoms with Crippen molar-refractivity contribution in [3.05, 3.63) is 71.9 Å². The molecular weight excluding hydrogens is 366 g/mol. The summed E-state index contributed by atoms with van der Waals surface area (Å²) in [5, 5.41) is 6.91. The van der Waals surface area contributed by atoms with Gasteiger partial charge in [-0.25, -0.2) is 4.98 Å². The summed E-state index contributed by atoms with van der Waals surface area (Å²) in [6.45, 7) is 4.23. The SMILES string of the molecule is CC(C)NC(=O)c1nc(C(=O)NCCc2c[nH]c3ccccc23)c2ccccn12. The van der Waals surface area contributed by atoms with Crippen LogP contribution < -0.4 is 10.6 Å². The Labute approximate surface area is 168 Å². The van der Waals surface area contributed by atoms with Crippen molar-refractivity contribution in [2.24, 2.45) is 0 Å². The van der Waals surface area contributed by atoms with E-state index < -0.39 is 0 Å². The lowest BCUT2D eigenvalue weighted by molar-refractivity contribution is 0.0932. The first-order valence-corrected chi connectivity index (χ1v) is 9.65. The van der Waals surface area contributed by atoms with Gasteiger partial charge < -0.3 is 15.6 Å². The first-order valence-electron chi connectivity index (χ1n) is 9.65. The molecule has 7 heteroatoms. The Morgan fingerprint density at radius 3 is 2.72 bits per heavy atom. The number of fused-ring (bicyclic) bond motifs is 2. The maximum Gasteiger partial charge on any atom is 0.287 e. The molecule has 4 aromatic rings. The van der Waals surface area contributed by atoms with Gasteiger partial charge in [0, 0.05) is 35.9 Å². The molecule has 3 aromatic heterocycles. The van der Waals surface area contributed by atoms with Crippen molar-refractivity contribution in [2.45, 2.75) is 26.3 Å². The van der Waals surface area contributed by atoms with Crippen LogP contribution in [0.2, 0.25) is 0 Å². The van der Waals surface area contributed by atoms with Gasteiger partial charge in [-0.3, -0.25) is 14.0 Å². The van der Waals surface area contributed by atoms with Crippen LogP contribution in [-0.4, -0.2) is 38.8 Å². The Balaban J connectivity index is 1.52. The average molecular weight is 389 g/mol. The summed E-state index contributed by atoms with van der Waals surface area (Å²) in [6.07, 6.45) is 4.40. The summed E-state index contributed by atoms with van der Waals surface area (Å²) < 4.78 is 1.65. The summed E-state index contributed by atoms with van der Waals surface area (Å²) in [4.78, 5) is 32.8. The number of pyridine rings is 1. The minimum atomic E-state index is -0.306. The average Bonchev–Trinajstić information content (AvgIpc) is 3.29. The van der Waals surface area contributed by atoms with Crippen molar-refractivity contribution in [3.63, 3.8) is 0 Å². The minimum absolute atomic E-state index is 0.0213. The van der Waals surface area contributed by atoms with Crippen LogP contribution in [0, 0.1) is 0 Å². The van der Waals surface area contributed by atoms with Crippen LogP contribution >= 0.6 is 0 Å². The van der Waals surface area contributed by atoms with Crippen molar-refractivity contribution in [1.82, 2.24) is 25.0 Å². The summed E-state index contributed by atoms with van der Waals surface area (Å²) in [7, 11) is 0. The lowest BCUT2D eigenvalue weighted by Crippen LogP contribution is -2.31. The Bertz CT molecular complexity index is 1190. The van der Waals surface area contributed by atoms with Crippen molar-refractivity contribution in [1.29, 1.82) is 0 Å². The number of amides is 2. The number of rotatable bonds is 6. The zero-order chi connectivity index (χ0) is 20.4. The molecule has 148 valence electrons. The number of nitrogens with zero attached hydrogens (tertiary/aromatic N) is 2. The predicted molar refractivity (Wildman–Crippen MR) is 112 cm³/mol. The Morgan fingerprint density at radius 2 is 1.90 bits per heavy atom. The number of aromatic amines is 1. The van der Waals surface area contributed by atoms with Gasteiger partial charge in [0.25, 0.3) is 11.8 Å². The molecule has 0 bridgehead atoms. The molecule has 0 saturated heterocycles. The molecule has 0 radical (unpaired) electrons. The molecule has 1 aromatic carbocycles. The van der Waals surface area contributed by atoms with E-state index in [1.807, 2.05) is 44.3 Å². The third-order valence-electron chi connectivity index (χ3n) is 4.74. The highest BCUT2D eigenvalue weighted by Crippen LogP contribution is 2.18. The molecule has 0 aliphatic rings. The van der Waals surface area contributed by atoms with E-state index in [0.717, 1.165) is 16.5 Å². The lowest BCUT2D eigenvalue weighted by atomic mass is 10.1. The highest BCUT2D eigenvalue weighted by molar-refractivity contribution is 6.02. The molecule has 0 atom stereocenters. The van der Waals surface area contributed by atoms with Gasteiger partial charge in [-0.1, -0.05) is 24.3 Å². The number of hydrogen-bond acceptors (Lipinski definition) is 3. The Morgan fingerprint density at radius 1 is 1.10 bits per heavy atom. The molecule has 0 saturated carbocycles. The molecule has 4 rings (SSSR count). The van der Waals surface area contributed by atoms with Crippen molar-refractivity contribution in [2.75, 3.05) is 6.54 Å². The summed E-state index contributed by atoms with van der Waals surface area (Å²) in [6, 6.07) is 13.5. The first-order chi connectivity index (χ1) is 14.0. The van der Waals surface area contributed by atoms with Gasteiger partial charge in [0.2, 0.25) is 5.82 Å². The quantitative estimate of drug-likeness (QED) is 0.473. The molecule has 0 fully saturated rings. The number of H-pyrrole nitrogens is 1. The molecule has 7 nitrogen and oxygen atoms in total. The van der Waals surface area contributed by atoms with E-state index >= 15 is 0 Å². The van der Waals surface area contributed by atoms with E-state index in [0.29, 0.717) is 18.5 Å². The molecule has 3 heterocycles. The Hall–Kier alpha value is -3.61. The van der Waals surface area contributed by atoms with Crippen LogP contribution in [0.4, 0.5) is 0 Å². The van der Waals surface area contributed by atoms with E-state index in [1.54, 1.807) is 22.7 Å². The van der Waals surface area contributed by atoms with E-state index in [4.69, 9.17) is 0 Å². The van der Waals surface area contributed by atoms with Crippen molar-refractivity contribution >= 4 is 28.2 Å². The monoisotopic (exact) mass is 389 g/mol. The Kier molecular flexibility index (Phi) is 5.03. The van der Waals surface area contributed by atoms with Crippen LogP contribution in [0.3, 0.4) is 0 Å². The number of carbonyl (C=O) groups is 2. The van der Waals surface area contributed by atoms with Gasteiger partial charge in [0.1, 0.15) is 0 Å². The number of carbonyl (C=O) groups excluding carboxylic acids is 2. The molecule has 0 spiro atoms. The smallest absolute Gasteiger partial charge is 0.287 e. The van der Waals surface area contributed by atoms with Crippen LogP contribution in [0.5, 0.6) is 0 Å². The fraction of sp³-hybridized carbons (Fsp3) is 0.227. The normalized spacial score (nSPS) is 11.3. The topological polar surface area (TPSA) is 91.3 Å². The lowest BCUT2D eigenvalue weighted by Gasteiger charge is -2.06. The second-order valence-electron chi connectivity index (χ2n) is 7.23. The van der Waals surface area contributed by atoms with Gasteiger partial charge in [-0.05, 0) is 44.0 Å². The summed E-state index contributed by atoms with van der Waals surface area (Å²) >= 11 is 0. The minimum Gasteiger partial charge on any atom is -0.361 e. The molecule has 3 N–H and O–H groups in total. The van der Waals surface area contributed by atoms with E-state index in [1.165, 1.54) is 0 Å². The molecule has 0 aliphatic carbocycles. The van der Waals surface area contributed by atoms with Gasteiger partial charge in [-0.2, -0.15) is 0 Å². The maximum absolute atomic E-state index is 12.8. The highest BCUT2D eigenvalue weighted by Gasteiger charge is 2.21. The molecule has 0 unspecified atom stereocenters. The number of nitrogens with one attached hydrogen (secondary N) is 3. The predicted octanol–water partition coefficient (Wildman–Crippen LogP) is 2.93. The van der Waals surface area contributed by atoms with Crippen molar-refractivity contribution < 1.29 is 9.59 Å². The molecular formula is C22H23N5O2. The number of benzene rings is 1. The number of aromatic nitrogens is 3. The third-order valence-corrected chi connectivity index (χ3v) is 4.74. The molecule has 0 aliphatic heterocycles. The fourth-order valence-corrected chi connectivity index (χ4v) is 3.42. The maximum atomic E-state index is 12.8. The van der Waals surface area contributed by atoms with E-state index in [9.17, 15) is 9.59 Å². The van der Waals surface area contributed by atoms with Gasteiger partial charge in [0.15, 0.2) is 5.69 Å². The molecule has 2 amide bonds. The number of imidazole rings is 1. The van der Waals surface area contributed by atoms with Crippen LogP contribution in [0.15, 0.2) is 54.9 Å². The zero-order valence-corrected chi connectivity index (χ0v) is 16.4. The molecule has 29 heavy (non-hydrogen) atoms. The second-order valence-corrected chi connectivity index (χ2v) is 7.23. The second kappa shape index (κ2) is 7.79. The van der Waals surface area contributed by atoms with Crippen LogP contribution in [0.25, 0.3) is 16.4 Å². The summed E-state index contributed by atoms with van der Waals surface area (Å²) in [5.74, 6) is -0.396. The van der Waals surface area contributed by atoms with E-state index in [-0.39, 0.29) is 29.4 Å². The largest absolute Gasteiger partial charge is 0.361 e. The fourth-order valence-electron chi connectivity index (χ4n) is 3.42. The summed E-state index contributed by atoms with van der Waals surface area (Å²) in [5.41, 5.74) is 3.08. The number of para-hydroxylation sites is 1. The van der Waals surface area contributed by atoms with Crippen LogP contribution in [0.1, 0.15) is 40.5 Å². The first kappa shape index (κ1) is 18.7. The van der Waals surface area contributed by atoms with Gasteiger partial charge >= 0.3 is 0 Å². The van der Waals surface area contributed by atoms with Crippen LogP contribution in [-0.2, 0) is 6.42 Å². The third kappa shape index (κ3) is 3.71. The van der Waals surface area contributed by atoms with Gasteiger partial charge in [-0.15, -0.1) is 0 Å². The van der Waals surface area contributed by atoms with Crippen molar-refractivity contribution in [3.8, 4) is 0 Å². The van der Waals surface area contributed by atoms with Gasteiger partial charge in [0.05, 0.1) is 5.52 Å².